The zero-order valence-electron chi connectivity index (χ0n) is 12.7. The minimum absolute atomic E-state index is 0.00955. The molecule has 2 amide bonds. The molecule has 0 spiro atoms. The summed E-state index contributed by atoms with van der Waals surface area (Å²) in [6.45, 7) is 5.75. The largest absolute Gasteiger partial charge is 0.497 e. The van der Waals surface area contributed by atoms with Crippen LogP contribution in [0.15, 0.2) is 36.9 Å². The van der Waals surface area contributed by atoms with E-state index in [1.165, 1.54) is 5.56 Å². The highest BCUT2D eigenvalue weighted by atomic mass is 16.5. The molecule has 1 atom stereocenters. The van der Waals surface area contributed by atoms with E-state index in [9.17, 15) is 4.79 Å². The summed E-state index contributed by atoms with van der Waals surface area (Å²) < 4.78 is 5.20. The van der Waals surface area contributed by atoms with E-state index >= 15 is 0 Å². The second kappa shape index (κ2) is 7.72. The van der Waals surface area contributed by atoms with Gasteiger partial charge in [-0.25, -0.2) is 4.79 Å². The monoisotopic (exact) mass is 288 g/mol. The van der Waals surface area contributed by atoms with Crippen molar-refractivity contribution < 1.29 is 9.53 Å². The molecule has 1 saturated heterocycles. The molecule has 21 heavy (non-hydrogen) atoms. The van der Waals surface area contributed by atoms with E-state index in [0.717, 1.165) is 38.1 Å². The predicted molar refractivity (Wildman–Crippen MR) is 84.8 cm³/mol. The molecule has 1 heterocycles. The predicted octanol–water partition coefficient (Wildman–Crippen LogP) is 3.16. The van der Waals surface area contributed by atoms with Gasteiger partial charge >= 0.3 is 6.03 Å². The Morgan fingerprint density at radius 1 is 1.43 bits per heavy atom. The molecule has 1 aromatic carbocycles. The quantitative estimate of drug-likeness (QED) is 0.865. The van der Waals surface area contributed by atoms with Crippen LogP contribution in [0.25, 0.3) is 0 Å². The molecule has 1 N–H and O–H groups in total. The van der Waals surface area contributed by atoms with Crippen molar-refractivity contribution in [1.82, 2.24) is 10.2 Å². The van der Waals surface area contributed by atoms with E-state index in [-0.39, 0.29) is 6.03 Å². The number of methoxy groups -OCH3 is 1. The number of urea groups is 1. The number of hydrogen-bond donors (Lipinski definition) is 1. The van der Waals surface area contributed by atoms with E-state index in [1.807, 2.05) is 17.0 Å². The topological polar surface area (TPSA) is 41.6 Å². The zero-order chi connectivity index (χ0) is 15.1. The highest BCUT2D eigenvalue weighted by Crippen LogP contribution is 2.27. The maximum Gasteiger partial charge on any atom is 0.317 e. The number of benzene rings is 1. The van der Waals surface area contributed by atoms with Gasteiger partial charge in [0.1, 0.15) is 5.75 Å². The van der Waals surface area contributed by atoms with Crippen molar-refractivity contribution in [2.45, 2.75) is 25.2 Å². The molecule has 1 aromatic rings. The SMILES string of the molecule is C=CCNC(=O)N1CCCCC(c2ccc(OC)cc2)C1. The minimum Gasteiger partial charge on any atom is -0.497 e. The fourth-order valence-corrected chi connectivity index (χ4v) is 2.75. The van der Waals surface area contributed by atoms with Gasteiger partial charge in [0.2, 0.25) is 0 Å². The average Bonchev–Trinajstić information content (AvgIpc) is 2.79. The van der Waals surface area contributed by atoms with E-state index < -0.39 is 0 Å². The average molecular weight is 288 g/mol. The summed E-state index contributed by atoms with van der Waals surface area (Å²) in [6, 6.07) is 8.20. The van der Waals surface area contributed by atoms with Crippen LogP contribution in [0.4, 0.5) is 4.79 Å². The van der Waals surface area contributed by atoms with Crippen molar-refractivity contribution in [2.75, 3.05) is 26.7 Å². The van der Waals surface area contributed by atoms with E-state index in [0.29, 0.717) is 12.5 Å². The molecule has 0 radical (unpaired) electrons. The first-order valence-corrected chi connectivity index (χ1v) is 7.52. The van der Waals surface area contributed by atoms with Crippen LogP contribution in [0.2, 0.25) is 0 Å². The number of nitrogens with one attached hydrogen (secondary N) is 1. The maximum atomic E-state index is 12.1. The molecule has 1 aliphatic heterocycles. The third kappa shape index (κ3) is 4.25. The smallest absolute Gasteiger partial charge is 0.317 e. The molecule has 1 aliphatic rings. The van der Waals surface area contributed by atoms with Gasteiger partial charge in [-0.1, -0.05) is 24.6 Å². The second-order valence-electron chi connectivity index (χ2n) is 5.39. The van der Waals surface area contributed by atoms with Gasteiger partial charge in [0.05, 0.1) is 7.11 Å². The number of amides is 2. The summed E-state index contributed by atoms with van der Waals surface area (Å²) in [5.74, 6) is 1.26. The summed E-state index contributed by atoms with van der Waals surface area (Å²) >= 11 is 0. The Bertz CT molecular complexity index is 470. The fourth-order valence-electron chi connectivity index (χ4n) is 2.75. The number of carbonyl (C=O) groups is 1. The van der Waals surface area contributed by atoms with E-state index in [4.69, 9.17) is 4.74 Å². The lowest BCUT2D eigenvalue weighted by Gasteiger charge is -2.25. The Labute approximate surface area is 126 Å². The van der Waals surface area contributed by atoms with Gasteiger partial charge < -0.3 is 15.0 Å². The molecule has 0 aromatic heterocycles. The summed E-state index contributed by atoms with van der Waals surface area (Å²) in [4.78, 5) is 14.1. The van der Waals surface area contributed by atoms with Crippen LogP contribution < -0.4 is 10.1 Å². The Morgan fingerprint density at radius 3 is 2.86 bits per heavy atom. The molecule has 4 heteroatoms. The standard InChI is InChI=1S/C17H24N2O2/c1-3-11-18-17(20)19-12-5-4-6-15(13-19)14-7-9-16(21-2)10-8-14/h3,7-10,15H,1,4-6,11-13H2,2H3,(H,18,20). The molecular weight excluding hydrogens is 264 g/mol. The van der Waals surface area contributed by atoms with Crippen molar-refractivity contribution in [3.05, 3.63) is 42.5 Å². The number of ether oxygens (including phenoxy) is 1. The number of hydrogen-bond acceptors (Lipinski definition) is 2. The Hall–Kier alpha value is -1.97. The summed E-state index contributed by atoms with van der Waals surface area (Å²) in [7, 11) is 1.67. The van der Waals surface area contributed by atoms with Gasteiger partial charge in [-0.05, 0) is 30.5 Å². The number of carbonyl (C=O) groups excluding carboxylic acids is 1. The van der Waals surface area contributed by atoms with Crippen LogP contribution in [-0.2, 0) is 0 Å². The normalized spacial score (nSPS) is 18.7. The van der Waals surface area contributed by atoms with Gasteiger partial charge in [-0.2, -0.15) is 0 Å². The lowest BCUT2D eigenvalue weighted by molar-refractivity contribution is 0.198. The molecule has 0 bridgehead atoms. The summed E-state index contributed by atoms with van der Waals surface area (Å²) in [6.07, 6.45) is 5.05. The van der Waals surface area contributed by atoms with Crippen LogP contribution in [0.5, 0.6) is 5.75 Å². The first-order chi connectivity index (χ1) is 10.2. The molecule has 114 valence electrons. The fraction of sp³-hybridized carbons (Fsp3) is 0.471. The minimum atomic E-state index is 0.00955. The molecular formula is C17H24N2O2. The van der Waals surface area contributed by atoms with E-state index in [1.54, 1.807) is 13.2 Å². The van der Waals surface area contributed by atoms with Crippen molar-refractivity contribution >= 4 is 6.03 Å². The third-order valence-corrected chi connectivity index (χ3v) is 3.94. The summed E-state index contributed by atoms with van der Waals surface area (Å²) in [5.41, 5.74) is 1.28. The first-order valence-electron chi connectivity index (χ1n) is 7.52. The molecule has 4 nitrogen and oxygen atoms in total. The molecule has 0 saturated carbocycles. The first kappa shape index (κ1) is 15.4. The third-order valence-electron chi connectivity index (χ3n) is 3.94. The van der Waals surface area contributed by atoms with Crippen molar-refractivity contribution in [2.24, 2.45) is 0 Å². The van der Waals surface area contributed by atoms with Crippen LogP contribution in [0.1, 0.15) is 30.7 Å². The molecule has 0 aliphatic carbocycles. The second-order valence-corrected chi connectivity index (χ2v) is 5.39. The number of likely N-dealkylation sites (tertiary alicyclic amines) is 1. The van der Waals surface area contributed by atoms with Crippen molar-refractivity contribution in [3.8, 4) is 5.75 Å². The van der Waals surface area contributed by atoms with E-state index in [2.05, 4.69) is 24.0 Å². The van der Waals surface area contributed by atoms with Gasteiger partial charge in [-0.3, -0.25) is 0 Å². The van der Waals surface area contributed by atoms with Crippen LogP contribution in [0.3, 0.4) is 0 Å². The highest BCUT2D eigenvalue weighted by Gasteiger charge is 2.22. The highest BCUT2D eigenvalue weighted by molar-refractivity contribution is 5.74. The molecule has 1 unspecified atom stereocenters. The van der Waals surface area contributed by atoms with Crippen molar-refractivity contribution in [1.29, 1.82) is 0 Å². The lowest BCUT2D eigenvalue weighted by atomic mass is 9.94. The lowest BCUT2D eigenvalue weighted by Crippen LogP contribution is -2.41. The van der Waals surface area contributed by atoms with Crippen LogP contribution >= 0.6 is 0 Å². The van der Waals surface area contributed by atoms with Gasteiger partial charge in [0.25, 0.3) is 0 Å². The van der Waals surface area contributed by atoms with Crippen LogP contribution in [0, 0.1) is 0 Å². The molecule has 2 rings (SSSR count). The zero-order valence-corrected chi connectivity index (χ0v) is 12.7. The Morgan fingerprint density at radius 2 is 2.19 bits per heavy atom. The Kier molecular flexibility index (Phi) is 5.67. The number of nitrogens with zero attached hydrogens (tertiary/aromatic N) is 1. The summed E-state index contributed by atoms with van der Waals surface area (Å²) in [5, 5.41) is 2.87. The molecule has 1 fully saturated rings. The maximum absolute atomic E-state index is 12.1. The van der Waals surface area contributed by atoms with Gasteiger partial charge in [0, 0.05) is 25.6 Å². The van der Waals surface area contributed by atoms with Crippen LogP contribution in [-0.4, -0.2) is 37.7 Å². The van der Waals surface area contributed by atoms with Gasteiger partial charge in [-0.15, -0.1) is 6.58 Å². The van der Waals surface area contributed by atoms with Crippen molar-refractivity contribution in [3.63, 3.8) is 0 Å². The number of rotatable bonds is 4. The Balaban J connectivity index is 2.04. The van der Waals surface area contributed by atoms with Gasteiger partial charge in [0.15, 0.2) is 0 Å².